The van der Waals surface area contributed by atoms with Gasteiger partial charge in [0.15, 0.2) is 0 Å². The van der Waals surface area contributed by atoms with E-state index >= 15 is 0 Å². The second-order valence-corrected chi connectivity index (χ2v) is 6.22. The summed E-state index contributed by atoms with van der Waals surface area (Å²) in [7, 11) is 0. The minimum atomic E-state index is -0.579. The third-order valence-electron chi connectivity index (χ3n) is 2.32. The summed E-state index contributed by atoms with van der Waals surface area (Å²) in [6.07, 6.45) is -0.968. The molecular weight excluding hydrogens is 313 g/mol. The van der Waals surface area contributed by atoms with Gasteiger partial charge < -0.3 is 10.1 Å². The van der Waals surface area contributed by atoms with Crippen molar-refractivity contribution in [3.63, 3.8) is 0 Å². The molecule has 0 fully saturated rings. The van der Waals surface area contributed by atoms with Crippen molar-refractivity contribution in [1.29, 1.82) is 0 Å². The van der Waals surface area contributed by atoms with Crippen molar-refractivity contribution in [2.75, 3.05) is 6.67 Å². The van der Waals surface area contributed by atoms with Gasteiger partial charge in [-0.3, -0.25) is 4.39 Å². The van der Waals surface area contributed by atoms with Gasteiger partial charge in [0.05, 0.1) is 6.67 Å². The van der Waals surface area contributed by atoms with Gasteiger partial charge in [0, 0.05) is 16.4 Å². The van der Waals surface area contributed by atoms with Crippen molar-refractivity contribution in [3.8, 4) is 0 Å². The van der Waals surface area contributed by atoms with E-state index in [1.165, 1.54) is 0 Å². The number of benzene rings is 1. The Balaban J connectivity index is 2.76. The third-order valence-corrected chi connectivity index (χ3v) is 2.81. The molecule has 3 nitrogen and oxygen atoms in total. The molecule has 1 atom stereocenters. The Morgan fingerprint density at radius 1 is 1.47 bits per heavy atom. The molecule has 0 aliphatic heterocycles. The molecular formula is C14H19BrFNO2. The number of nitrogens with one attached hydrogen (secondary N) is 1. The average molecular weight is 332 g/mol. The lowest BCUT2D eigenvalue weighted by Gasteiger charge is -2.23. The van der Waals surface area contributed by atoms with Crippen LogP contribution in [0.5, 0.6) is 0 Å². The molecule has 1 unspecified atom stereocenters. The zero-order chi connectivity index (χ0) is 14.5. The molecule has 1 amide bonds. The molecule has 1 aromatic carbocycles. The van der Waals surface area contributed by atoms with E-state index < -0.39 is 18.9 Å². The zero-order valence-corrected chi connectivity index (χ0v) is 13.0. The number of alkyl halides is 1. The van der Waals surface area contributed by atoms with Crippen LogP contribution in [0.3, 0.4) is 0 Å². The second-order valence-electron chi connectivity index (χ2n) is 5.30. The normalized spacial score (nSPS) is 12.9. The molecule has 19 heavy (non-hydrogen) atoms. The minimum absolute atomic E-state index is 0.147. The highest BCUT2D eigenvalue weighted by Crippen LogP contribution is 2.24. The molecule has 0 aliphatic rings. The Morgan fingerprint density at radius 2 is 2.16 bits per heavy atom. The molecule has 0 radical (unpaired) electrons. The maximum absolute atomic E-state index is 12.6. The van der Waals surface area contributed by atoms with E-state index in [0.717, 1.165) is 10.0 Å². The second kappa shape index (κ2) is 6.89. The van der Waals surface area contributed by atoms with Crippen molar-refractivity contribution in [3.05, 3.63) is 34.3 Å². The van der Waals surface area contributed by atoms with Crippen molar-refractivity contribution < 1.29 is 13.9 Å². The SMILES string of the molecule is CC(C)(C)NC(=O)OC(CCF)c1cccc(Br)c1. The van der Waals surface area contributed by atoms with E-state index in [0.29, 0.717) is 0 Å². The first-order chi connectivity index (χ1) is 8.81. The molecule has 0 spiro atoms. The molecule has 0 aliphatic carbocycles. The van der Waals surface area contributed by atoms with Gasteiger partial charge in [0.1, 0.15) is 6.10 Å². The lowest BCUT2D eigenvalue weighted by molar-refractivity contribution is 0.0823. The van der Waals surface area contributed by atoms with Crippen LogP contribution in [0.15, 0.2) is 28.7 Å². The quantitative estimate of drug-likeness (QED) is 0.889. The average Bonchev–Trinajstić information content (AvgIpc) is 2.26. The van der Waals surface area contributed by atoms with E-state index in [4.69, 9.17) is 4.74 Å². The zero-order valence-electron chi connectivity index (χ0n) is 11.4. The molecule has 0 bridgehead atoms. The fraction of sp³-hybridized carbons (Fsp3) is 0.500. The first-order valence-electron chi connectivity index (χ1n) is 6.12. The van der Waals surface area contributed by atoms with Crippen molar-refractivity contribution in [1.82, 2.24) is 5.32 Å². The molecule has 1 N–H and O–H groups in total. The Bertz CT molecular complexity index is 432. The molecule has 106 valence electrons. The van der Waals surface area contributed by atoms with Gasteiger partial charge >= 0.3 is 6.09 Å². The fourth-order valence-corrected chi connectivity index (χ4v) is 1.98. The summed E-state index contributed by atoms with van der Waals surface area (Å²) >= 11 is 3.35. The number of rotatable bonds is 4. The van der Waals surface area contributed by atoms with Crippen LogP contribution in [-0.2, 0) is 4.74 Å². The highest BCUT2D eigenvalue weighted by Gasteiger charge is 2.20. The molecule has 0 saturated heterocycles. The highest BCUT2D eigenvalue weighted by molar-refractivity contribution is 9.10. The van der Waals surface area contributed by atoms with Crippen LogP contribution >= 0.6 is 15.9 Å². The van der Waals surface area contributed by atoms with E-state index in [2.05, 4.69) is 21.2 Å². The summed E-state index contributed by atoms with van der Waals surface area (Å²) in [5, 5.41) is 2.70. The highest BCUT2D eigenvalue weighted by atomic mass is 79.9. The molecule has 1 aromatic rings. The number of hydrogen-bond donors (Lipinski definition) is 1. The molecule has 5 heteroatoms. The third kappa shape index (κ3) is 6.05. The van der Waals surface area contributed by atoms with E-state index in [1.54, 1.807) is 0 Å². The largest absolute Gasteiger partial charge is 0.441 e. The van der Waals surface area contributed by atoms with Crippen molar-refractivity contribution in [2.24, 2.45) is 0 Å². The van der Waals surface area contributed by atoms with Crippen LogP contribution in [0, 0.1) is 0 Å². The Labute approximate surface area is 121 Å². The van der Waals surface area contributed by atoms with Crippen LogP contribution < -0.4 is 5.32 Å². The number of carbonyl (C=O) groups is 1. The minimum Gasteiger partial charge on any atom is -0.441 e. The van der Waals surface area contributed by atoms with E-state index in [1.807, 2.05) is 45.0 Å². The van der Waals surface area contributed by atoms with Gasteiger partial charge in [0.25, 0.3) is 0 Å². The summed E-state index contributed by atoms with van der Waals surface area (Å²) in [6, 6.07) is 7.33. The Kier molecular flexibility index (Phi) is 5.79. The number of amides is 1. The standard InChI is InChI=1S/C14H19BrFNO2/c1-14(2,3)17-13(18)19-12(7-8-16)10-5-4-6-11(15)9-10/h4-6,9,12H,7-8H2,1-3H3,(H,17,18). The predicted molar refractivity (Wildman–Crippen MR) is 76.8 cm³/mol. The van der Waals surface area contributed by atoms with Gasteiger partial charge in [-0.25, -0.2) is 4.79 Å². The molecule has 0 heterocycles. The lowest BCUT2D eigenvalue weighted by atomic mass is 10.1. The summed E-state index contributed by atoms with van der Waals surface area (Å²) in [4.78, 5) is 11.7. The van der Waals surface area contributed by atoms with E-state index in [-0.39, 0.29) is 12.0 Å². The lowest BCUT2D eigenvalue weighted by Crippen LogP contribution is -2.41. The van der Waals surface area contributed by atoms with Crippen LogP contribution in [0.4, 0.5) is 9.18 Å². The van der Waals surface area contributed by atoms with Crippen LogP contribution in [0.25, 0.3) is 0 Å². The number of ether oxygens (including phenoxy) is 1. The van der Waals surface area contributed by atoms with Crippen LogP contribution in [-0.4, -0.2) is 18.3 Å². The predicted octanol–water partition coefficient (Wildman–Crippen LogP) is 4.37. The topological polar surface area (TPSA) is 38.3 Å². The Morgan fingerprint density at radius 3 is 2.68 bits per heavy atom. The summed E-state index contributed by atoms with van der Waals surface area (Å²) < 4.78 is 18.8. The van der Waals surface area contributed by atoms with Gasteiger partial charge in [-0.1, -0.05) is 28.1 Å². The maximum atomic E-state index is 12.6. The van der Waals surface area contributed by atoms with Gasteiger partial charge in [0.2, 0.25) is 0 Å². The van der Waals surface area contributed by atoms with Gasteiger partial charge in [-0.15, -0.1) is 0 Å². The smallest absolute Gasteiger partial charge is 0.408 e. The summed E-state index contributed by atoms with van der Waals surface area (Å²) in [6.45, 7) is 5.03. The summed E-state index contributed by atoms with van der Waals surface area (Å²) in [5.74, 6) is 0. The number of halogens is 2. The molecule has 0 saturated carbocycles. The van der Waals surface area contributed by atoms with Gasteiger partial charge in [-0.05, 0) is 38.5 Å². The van der Waals surface area contributed by atoms with Crippen LogP contribution in [0.1, 0.15) is 38.9 Å². The molecule has 1 rings (SSSR count). The monoisotopic (exact) mass is 331 g/mol. The Hall–Kier alpha value is -1.10. The first-order valence-corrected chi connectivity index (χ1v) is 6.91. The molecule has 0 aromatic heterocycles. The number of alkyl carbamates (subject to hydrolysis) is 1. The van der Waals surface area contributed by atoms with Crippen molar-refractivity contribution in [2.45, 2.75) is 38.8 Å². The fourth-order valence-electron chi connectivity index (χ4n) is 1.56. The number of hydrogen-bond acceptors (Lipinski definition) is 2. The maximum Gasteiger partial charge on any atom is 0.408 e. The van der Waals surface area contributed by atoms with Crippen LogP contribution in [0.2, 0.25) is 0 Å². The first kappa shape index (κ1) is 16.0. The van der Waals surface area contributed by atoms with E-state index in [9.17, 15) is 9.18 Å². The van der Waals surface area contributed by atoms with Gasteiger partial charge in [-0.2, -0.15) is 0 Å². The van der Waals surface area contributed by atoms with Crippen molar-refractivity contribution >= 4 is 22.0 Å². The number of carbonyl (C=O) groups excluding carboxylic acids is 1. The summed E-state index contributed by atoms with van der Waals surface area (Å²) in [5.41, 5.74) is 0.394.